The van der Waals surface area contributed by atoms with Gasteiger partial charge in [0.2, 0.25) is 0 Å². The maximum atomic E-state index is 5.81. The zero-order valence-corrected chi connectivity index (χ0v) is 10.7. The molecule has 15 heavy (non-hydrogen) atoms. The van der Waals surface area contributed by atoms with Crippen LogP contribution in [0.2, 0.25) is 0 Å². The van der Waals surface area contributed by atoms with Crippen LogP contribution in [0.1, 0.15) is 44.3 Å². The van der Waals surface area contributed by atoms with E-state index in [1.54, 1.807) is 11.3 Å². The third-order valence-electron chi connectivity index (χ3n) is 1.79. The van der Waals surface area contributed by atoms with Gasteiger partial charge in [0.15, 0.2) is 0 Å². The van der Waals surface area contributed by atoms with Crippen LogP contribution in [0.25, 0.3) is 0 Å². The number of hydrogen-bond acceptors (Lipinski definition) is 4. The molecule has 3 nitrogen and oxygen atoms in total. The highest BCUT2D eigenvalue weighted by Gasteiger charge is 2.11. The Kier molecular flexibility index (Phi) is 4.25. The molecular formula is C11H20N2OS. The average Bonchev–Trinajstić information content (AvgIpc) is 2.50. The lowest BCUT2D eigenvalue weighted by Gasteiger charge is -2.17. The molecule has 86 valence electrons. The van der Waals surface area contributed by atoms with Gasteiger partial charge in [0.25, 0.3) is 0 Å². The van der Waals surface area contributed by atoms with Crippen LogP contribution in [0, 0.1) is 0 Å². The highest BCUT2D eigenvalue weighted by Crippen LogP contribution is 2.19. The van der Waals surface area contributed by atoms with E-state index in [-0.39, 0.29) is 5.54 Å². The molecule has 0 amide bonds. The summed E-state index contributed by atoms with van der Waals surface area (Å²) in [7, 11) is 0. The molecule has 0 unspecified atom stereocenters. The van der Waals surface area contributed by atoms with Crippen LogP contribution in [0.15, 0.2) is 5.38 Å². The lowest BCUT2D eigenvalue weighted by atomic mass is 10.1. The van der Waals surface area contributed by atoms with Crippen LogP contribution in [-0.2, 0) is 11.3 Å². The summed E-state index contributed by atoms with van der Waals surface area (Å²) in [6.07, 6.45) is 0. The van der Waals surface area contributed by atoms with Gasteiger partial charge < -0.3 is 10.5 Å². The molecule has 1 aromatic heterocycles. The van der Waals surface area contributed by atoms with Crippen LogP contribution in [0.3, 0.4) is 0 Å². The van der Waals surface area contributed by atoms with Crippen molar-refractivity contribution in [1.82, 2.24) is 4.98 Å². The van der Waals surface area contributed by atoms with Crippen molar-refractivity contribution in [3.05, 3.63) is 16.1 Å². The third-order valence-corrected chi connectivity index (χ3v) is 2.98. The molecule has 4 heteroatoms. The Bertz CT molecular complexity index is 302. The summed E-state index contributed by atoms with van der Waals surface area (Å²) in [6, 6.07) is 0. The standard InChI is InChI=1S/C11H20N2OS/c1-8(2)10-13-9(6-15-10)5-14-7-11(3,4)12/h6,8H,5,7,12H2,1-4H3. The molecule has 0 saturated heterocycles. The van der Waals surface area contributed by atoms with E-state index in [9.17, 15) is 0 Å². The van der Waals surface area contributed by atoms with Gasteiger partial charge in [-0.2, -0.15) is 0 Å². The first kappa shape index (κ1) is 12.6. The minimum Gasteiger partial charge on any atom is -0.373 e. The fourth-order valence-electron chi connectivity index (χ4n) is 1.07. The average molecular weight is 228 g/mol. The number of rotatable bonds is 5. The number of nitrogens with two attached hydrogens (primary N) is 1. The van der Waals surface area contributed by atoms with Gasteiger partial charge in [-0.1, -0.05) is 13.8 Å². The van der Waals surface area contributed by atoms with Crippen molar-refractivity contribution >= 4 is 11.3 Å². The van der Waals surface area contributed by atoms with Crippen molar-refractivity contribution in [2.24, 2.45) is 5.73 Å². The summed E-state index contributed by atoms with van der Waals surface area (Å²) in [6.45, 7) is 9.31. The summed E-state index contributed by atoms with van der Waals surface area (Å²) in [4.78, 5) is 4.48. The monoisotopic (exact) mass is 228 g/mol. The van der Waals surface area contributed by atoms with E-state index < -0.39 is 0 Å². The zero-order chi connectivity index (χ0) is 11.5. The second kappa shape index (κ2) is 5.05. The van der Waals surface area contributed by atoms with Crippen LogP contribution in [0.4, 0.5) is 0 Å². The second-order valence-electron chi connectivity index (χ2n) is 4.81. The molecule has 2 N–H and O–H groups in total. The zero-order valence-electron chi connectivity index (χ0n) is 9.91. The van der Waals surface area contributed by atoms with Crippen LogP contribution in [0.5, 0.6) is 0 Å². The van der Waals surface area contributed by atoms with E-state index >= 15 is 0 Å². The van der Waals surface area contributed by atoms with Gasteiger partial charge in [0, 0.05) is 16.8 Å². The smallest absolute Gasteiger partial charge is 0.0954 e. The predicted molar refractivity (Wildman–Crippen MR) is 64.1 cm³/mol. The lowest BCUT2D eigenvalue weighted by Crippen LogP contribution is -2.37. The normalized spacial score (nSPS) is 12.4. The fourth-order valence-corrected chi connectivity index (χ4v) is 1.89. The van der Waals surface area contributed by atoms with Crippen molar-refractivity contribution in [2.45, 2.75) is 45.8 Å². The molecule has 1 rings (SSSR count). The van der Waals surface area contributed by atoms with E-state index in [2.05, 4.69) is 24.2 Å². The predicted octanol–water partition coefficient (Wildman–Crippen LogP) is 2.52. The molecule has 0 fully saturated rings. The fraction of sp³-hybridized carbons (Fsp3) is 0.727. The number of ether oxygens (including phenoxy) is 1. The molecule has 1 heterocycles. The molecule has 1 aromatic rings. The van der Waals surface area contributed by atoms with Gasteiger partial charge in [-0.05, 0) is 13.8 Å². The van der Waals surface area contributed by atoms with Crippen LogP contribution < -0.4 is 5.73 Å². The van der Waals surface area contributed by atoms with Gasteiger partial charge in [0.1, 0.15) is 0 Å². The molecule has 0 radical (unpaired) electrons. The van der Waals surface area contributed by atoms with E-state index in [0.717, 1.165) is 5.69 Å². The van der Waals surface area contributed by atoms with Gasteiger partial charge in [-0.15, -0.1) is 11.3 Å². The molecule has 0 spiro atoms. The van der Waals surface area contributed by atoms with Crippen LogP contribution >= 0.6 is 11.3 Å². The maximum absolute atomic E-state index is 5.81. The number of aromatic nitrogens is 1. The Labute approximate surface area is 95.7 Å². The van der Waals surface area contributed by atoms with Crippen molar-refractivity contribution < 1.29 is 4.74 Å². The van der Waals surface area contributed by atoms with Crippen molar-refractivity contribution in [3.63, 3.8) is 0 Å². The summed E-state index contributed by atoms with van der Waals surface area (Å²) >= 11 is 1.69. The molecule has 0 aliphatic rings. The molecule has 0 aromatic carbocycles. The van der Waals surface area contributed by atoms with Crippen molar-refractivity contribution in [1.29, 1.82) is 0 Å². The lowest BCUT2D eigenvalue weighted by molar-refractivity contribution is 0.0832. The molecule has 0 bridgehead atoms. The summed E-state index contributed by atoms with van der Waals surface area (Å²) in [5, 5.41) is 3.22. The van der Waals surface area contributed by atoms with Gasteiger partial charge in [-0.3, -0.25) is 0 Å². The minimum atomic E-state index is -0.267. The molecule has 0 atom stereocenters. The Morgan fingerprint density at radius 2 is 2.20 bits per heavy atom. The van der Waals surface area contributed by atoms with Crippen LogP contribution in [-0.4, -0.2) is 17.1 Å². The third kappa shape index (κ3) is 4.73. The van der Waals surface area contributed by atoms with Gasteiger partial charge in [0.05, 0.1) is 23.9 Å². The second-order valence-corrected chi connectivity index (χ2v) is 5.70. The van der Waals surface area contributed by atoms with E-state index in [1.165, 1.54) is 5.01 Å². The van der Waals surface area contributed by atoms with Gasteiger partial charge >= 0.3 is 0 Å². The Morgan fingerprint density at radius 3 is 2.67 bits per heavy atom. The number of thiazole rings is 1. The highest BCUT2D eigenvalue weighted by atomic mass is 32.1. The minimum absolute atomic E-state index is 0.267. The molecule has 0 saturated carbocycles. The molecular weight excluding hydrogens is 208 g/mol. The summed E-state index contributed by atoms with van der Waals surface area (Å²) in [5.41, 5.74) is 6.55. The SMILES string of the molecule is CC(C)c1nc(COCC(C)(C)N)cs1. The van der Waals surface area contributed by atoms with Crippen molar-refractivity contribution in [2.75, 3.05) is 6.61 Å². The Hall–Kier alpha value is -0.450. The molecule has 0 aliphatic heterocycles. The van der Waals surface area contributed by atoms with Gasteiger partial charge in [-0.25, -0.2) is 4.98 Å². The topological polar surface area (TPSA) is 48.1 Å². The maximum Gasteiger partial charge on any atom is 0.0954 e. The van der Waals surface area contributed by atoms with E-state index in [0.29, 0.717) is 19.1 Å². The summed E-state index contributed by atoms with van der Waals surface area (Å²) < 4.78 is 5.50. The van der Waals surface area contributed by atoms with E-state index in [1.807, 2.05) is 13.8 Å². The first-order valence-electron chi connectivity index (χ1n) is 5.19. The first-order chi connectivity index (χ1) is 6.88. The number of nitrogens with zero attached hydrogens (tertiary/aromatic N) is 1. The summed E-state index contributed by atoms with van der Waals surface area (Å²) in [5.74, 6) is 0.495. The first-order valence-corrected chi connectivity index (χ1v) is 6.07. The Morgan fingerprint density at radius 1 is 1.53 bits per heavy atom. The largest absolute Gasteiger partial charge is 0.373 e. The number of hydrogen-bond donors (Lipinski definition) is 1. The highest BCUT2D eigenvalue weighted by molar-refractivity contribution is 7.09. The molecule has 0 aliphatic carbocycles. The van der Waals surface area contributed by atoms with E-state index in [4.69, 9.17) is 10.5 Å². The quantitative estimate of drug-likeness (QED) is 0.842. The Balaban J connectivity index is 2.38. The van der Waals surface area contributed by atoms with Crippen molar-refractivity contribution in [3.8, 4) is 0 Å².